The first kappa shape index (κ1) is 16.0. The van der Waals surface area contributed by atoms with Crippen LogP contribution in [-0.4, -0.2) is 42.5 Å². The van der Waals surface area contributed by atoms with Gasteiger partial charge in [-0.2, -0.15) is 0 Å². The minimum absolute atomic E-state index is 0.140. The Morgan fingerprint density at radius 3 is 2.78 bits per heavy atom. The molecule has 6 nitrogen and oxygen atoms in total. The average Bonchev–Trinajstić information content (AvgIpc) is 2.80. The van der Waals surface area contributed by atoms with Crippen molar-refractivity contribution >= 4 is 26.8 Å². The largest absolute Gasteiger partial charge is 0.358 e. The number of sulfonamides is 1. The molecule has 23 heavy (non-hydrogen) atoms. The van der Waals surface area contributed by atoms with Gasteiger partial charge in [0.1, 0.15) is 0 Å². The lowest BCUT2D eigenvalue weighted by Crippen LogP contribution is -2.47. The van der Waals surface area contributed by atoms with Gasteiger partial charge in [0.05, 0.1) is 5.25 Å². The Balaban J connectivity index is 1.89. The molecule has 0 radical (unpaired) electrons. The standard InChI is InChI=1S/C16H21N3O3S/c1-10-11(2)18-15-6-5-12(8-14(10)15)16(20)19-7-3-4-13(9-19)23(17,21)22/h5-6,8,13,18H,3-4,7,9H2,1-2H3,(H2,17,21,22). The molecule has 1 saturated heterocycles. The molecule has 0 aliphatic carbocycles. The number of piperidine rings is 1. The molecule has 3 rings (SSSR count). The van der Waals surface area contributed by atoms with E-state index in [0.29, 0.717) is 24.9 Å². The summed E-state index contributed by atoms with van der Waals surface area (Å²) >= 11 is 0. The van der Waals surface area contributed by atoms with E-state index in [4.69, 9.17) is 5.14 Å². The van der Waals surface area contributed by atoms with Crippen molar-refractivity contribution in [2.75, 3.05) is 13.1 Å². The normalized spacial score (nSPS) is 19.3. The molecule has 3 N–H and O–H groups in total. The van der Waals surface area contributed by atoms with E-state index in [0.717, 1.165) is 22.2 Å². The molecule has 1 aliphatic heterocycles. The zero-order valence-electron chi connectivity index (χ0n) is 13.3. The average molecular weight is 335 g/mol. The first-order valence-corrected chi connectivity index (χ1v) is 9.28. The summed E-state index contributed by atoms with van der Waals surface area (Å²) in [5, 5.41) is 5.59. The molecule has 1 aliphatic rings. The lowest BCUT2D eigenvalue weighted by atomic mass is 10.1. The number of nitrogens with two attached hydrogens (primary N) is 1. The molecule has 1 amide bonds. The SMILES string of the molecule is Cc1[nH]c2ccc(C(=O)N3CCCC(S(N)(=O)=O)C3)cc2c1C. The van der Waals surface area contributed by atoms with Crippen LogP contribution in [0.3, 0.4) is 0 Å². The van der Waals surface area contributed by atoms with E-state index in [1.165, 1.54) is 0 Å². The minimum atomic E-state index is -3.61. The number of hydrogen-bond donors (Lipinski definition) is 2. The fourth-order valence-electron chi connectivity index (χ4n) is 3.17. The number of rotatable bonds is 2. The van der Waals surface area contributed by atoms with Crippen LogP contribution in [0.15, 0.2) is 18.2 Å². The van der Waals surface area contributed by atoms with Crippen LogP contribution in [0.25, 0.3) is 10.9 Å². The van der Waals surface area contributed by atoms with Crippen molar-refractivity contribution < 1.29 is 13.2 Å². The molecule has 1 fully saturated rings. The van der Waals surface area contributed by atoms with Crippen molar-refractivity contribution in [3.63, 3.8) is 0 Å². The van der Waals surface area contributed by atoms with Gasteiger partial charge in [0.25, 0.3) is 5.91 Å². The fourth-order valence-corrected chi connectivity index (χ4v) is 4.05. The summed E-state index contributed by atoms with van der Waals surface area (Å²) in [6.07, 6.45) is 1.16. The van der Waals surface area contributed by atoms with E-state index in [1.54, 1.807) is 11.0 Å². The third kappa shape index (κ3) is 2.98. The van der Waals surface area contributed by atoms with Gasteiger partial charge in [-0.15, -0.1) is 0 Å². The monoisotopic (exact) mass is 335 g/mol. The quantitative estimate of drug-likeness (QED) is 0.874. The summed E-state index contributed by atoms with van der Waals surface area (Å²) in [4.78, 5) is 17.6. The first-order chi connectivity index (χ1) is 10.8. The number of aromatic nitrogens is 1. The van der Waals surface area contributed by atoms with Crippen molar-refractivity contribution in [2.24, 2.45) is 5.14 Å². The van der Waals surface area contributed by atoms with Gasteiger partial charge in [0.15, 0.2) is 0 Å². The van der Waals surface area contributed by atoms with E-state index in [9.17, 15) is 13.2 Å². The van der Waals surface area contributed by atoms with Crippen LogP contribution < -0.4 is 5.14 Å². The Labute approximate surface area is 135 Å². The van der Waals surface area contributed by atoms with Crippen LogP contribution in [0.4, 0.5) is 0 Å². The number of likely N-dealkylation sites (tertiary alicyclic amines) is 1. The predicted octanol–water partition coefficient (Wildman–Crippen LogP) is 1.68. The summed E-state index contributed by atoms with van der Waals surface area (Å²) in [6, 6.07) is 5.54. The number of nitrogens with zero attached hydrogens (tertiary/aromatic N) is 1. The van der Waals surface area contributed by atoms with Crippen LogP contribution >= 0.6 is 0 Å². The Morgan fingerprint density at radius 1 is 1.35 bits per heavy atom. The number of benzene rings is 1. The van der Waals surface area contributed by atoms with Crippen LogP contribution in [0, 0.1) is 13.8 Å². The van der Waals surface area contributed by atoms with Gasteiger partial charge in [-0.1, -0.05) is 0 Å². The third-order valence-corrected chi connectivity index (χ3v) is 6.00. The van der Waals surface area contributed by atoms with E-state index in [-0.39, 0.29) is 12.5 Å². The molecule has 7 heteroatoms. The van der Waals surface area contributed by atoms with Gasteiger partial charge >= 0.3 is 0 Å². The maximum atomic E-state index is 12.7. The lowest BCUT2D eigenvalue weighted by molar-refractivity contribution is 0.0727. The molecule has 1 aromatic heterocycles. The minimum Gasteiger partial charge on any atom is -0.358 e. The van der Waals surface area contributed by atoms with E-state index >= 15 is 0 Å². The zero-order valence-corrected chi connectivity index (χ0v) is 14.1. The molecule has 1 unspecified atom stereocenters. The Bertz CT molecular complexity index is 870. The highest BCUT2D eigenvalue weighted by Crippen LogP contribution is 2.24. The molecule has 1 aromatic carbocycles. The maximum Gasteiger partial charge on any atom is 0.253 e. The fraction of sp³-hybridized carbons (Fsp3) is 0.438. The summed E-state index contributed by atoms with van der Waals surface area (Å²) < 4.78 is 23.1. The second-order valence-electron chi connectivity index (χ2n) is 6.24. The van der Waals surface area contributed by atoms with Gasteiger partial charge in [-0.3, -0.25) is 4.79 Å². The number of H-pyrrole nitrogens is 1. The highest BCUT2D eigenvalue weighted by atomic mass is 32.2. The van der Waals surface area contributed by atoms with E-state index in [2.05, 4.69) is 4.98 Å². The predicted molar refractivity (Wildman–Crippen MR) is 89.8 cm³/mol. The van der Waals surface area contributed by atoms with Crippen LogP contribution in [-0.2, 0) is 10.0 Å². The third-order valence-electron chi connectivity index (χ3n) is 4.69. The lowest BCUT2D eigenvalue weighted by Gasteiger charge is -2.31. The number of carbonyl (C=O) groups is 1. The smallest absolute Gasteiger partial charge is 0.253 e. The van der Waals surface area contributed by atoms with Crippen LogP contribution in [0.1, 0.15) is 34.5 Å². The number of fused-ring (bicyclic) bond motifs is 1. The summed E-state index contributed by atoms with van der Waals surface area (Å²) in [5.74, 6) is -0.140. The van der Waals surface area contributed by atoms with Gasteiger partial charge in [0, 0.05) is 35.2 Å². The van der Waals surface area contributed by atoms with Gasteiger partial charge in [0.2, 0.25) is 10.0 Å². The second kappa shape index (κ2) is 5.65. The van der Waals surface area contributed by atoms with Crippen LogP contribution in [0.5, 0.6) is 0 Å². The highest BCUT2D eigenvalue weighted by Gasteiger charge is 2.30. The maximum absolute atomic E-state index is 12.7. The number of hydrogen-bond acceptors (Lipinski definition) is 3. The van der Waals surface area contributed by atoms with Gasteiger partial charge in [-0.25, -0.2) is 13.6 Å². The molecule has 2 aromatic rings. The molecule has 0 spiro atoms. The molecule has 124 valence electrons. The highest BCUT2D eigenvalue weighted by molar-refractivity contribution is 7.89. The molecule has 0 saturated carbocycles. The summed E-state index contributed by atoms with van der Waals surface area (Å²) in [5.41, 5.74) is 3.78. The zero-order chi connectivity index (χ0) is 16.8. The number of aryl methyl sites for hydroxylation is 2. The Kier molecular flexibility index (Phi) is 3.93. The number of nitrogens with one attached hydrogen (secondary N) is 1. The molecular weight excluding hydrogens is 314 g/mol. The summed E-state index contributed by atoms with van der Waals surface area (Å²) in [6.45, 7) is 4.74. The van der Waals surface area contributed by atoms with Gasteiger partial charge < -0.3 is 9.88 Å². The number of carbonyl (C=O) groups excluding carboxylic acids is 1. The number of primary sulfonamides is 1. The molecular formula is C16H21N3O3S. The molecule has 2 heterocycles. The van der Waals surface area contributed by atoms with E-state index in [1.807, 2.05) is 26.0 Å². The number of aromatic amines is 1. The molecule has 0 bridgehead atoms. The van der Waals surface area contributed by atoms with Crippen LogP contribution in [0.2, 0.25) is 0 Å². The second-order valence-corrected chi connectivity index (χ2v) is 8.08. The van der Waals surface area contributed by atoms with Crippen molar-refractivity contribution in [3.8, 4) is 0 Å². The first-order valence-electron chi connectivity index (χ1n) is 7.67. The summed E-state index contributed by atoms with van der Waals surface area (Å²) in [7, 11) is -3.61. The van der Waals surface area contributed by atoms with Crippen molar-refractivity contribution in [1.29, 1.82) is 0 Å². The Morgan fingerprint density at radius 2 is 2.09 bits per heavy atom. The topological polar surface area (TPSA) is 96.3 Å². The number of amides is 1. The van der Waals surface area contributed by atoms with Crippen molar-refractivity contribution in [2.45, 2.75) is 31.9 Å². The Hall–Kier alpha value is -1.86. The van der Waals surface area contributed by atoms with E-state index < -0.39 is 15.3 Å². The van der Waals surface area contributed by atoms with Crippen molar-refractivity contribution in [1.82, 2.24) is 9.88 Å². The molecule has 1 atom stereocenters. The van der Waals surface area contributed by atoms with Crippen molar-refractivity contribution in [3.05, 3.63) is 35.0 Å². The van der Waals surface area contributed by atoms with Gasteiger partial charge in [-0.05, 0) is 50.5 Å².